The number of primary amides is 1. The number of benzene rings is 2. The number of carboxylic acid groups (broad SMARTS) is 1. The zero-order valence-corrected chi connectivity index (χ0v) is 14.1. The quantitative estimate of drug-likeness (QED) is 0.725. The van der Waals surface area contributed by atoms with E-state index in [-0.39, 0.29) is 21.3 Å². The molecule has 0 bridgehead atoms. The van der Waals surface area contributed by atoms with Crippen LogP contribution in [-0.2, 0) is 10.0 Å². The monoisotopic (exact) mass is 388 g/mol. The minimum atomic E-state index is -4.28. The predicted octanol–water partition coefficient (Wildman–Crippen LogP) is 2.59. The van der Waals surface area contributed by atoms with Crippen molar-refractivity contribution in [3.05, 3.63) is 57.6 Å². The Balaban J connectivity index is 2.55. The van der Waals surface area contributed by atoms with Gasteiger partial charge in [0.05, 0.1) is 26.9 Å². The first kappa shape index (κ1) is 18.1. The first-order valence-corrected chi connectivity index (χ1v) is 8.51. The van der Waals surface area contributed by atoms with Crippen LogP contribution in [0.3, 0.4) is 0 Å². The molecule has 0 aromatic heterocycles. The zero-order chi connectivity index (χ0) is 18.1. The Bertz CT molecular complexity index is 944. The molecular formula is C14H10Cl2N2O5S. The molecular weight excluding hydrogens is 379 g/mol. The number of carbonyl (C=O) groups is 2. The average molecular weight is 389 g/mol. The van der Waals surface area contributed by atoms with Crippen LogP contribution < -0.4 is 10.5 Å². The van der Waals surface area contributed by atoms with E-state index in [1.807, 2.05) is 0 Å². The minimum Gasteiger partial charge on any atom is -0.478 e. The summed E-state index contributed by atoms with van der Waals surface area (Å²) in [5, 5.41) is 8.58. The number of anilines is 1. The molecule has 126 valence electrons. The third-order valence-corrected chi connectivity index (χ3v) is 5.12. The summed E-state index contributed by atoms with van der Waals surface area (Å²) in [5.74, 6) is -2.24. The topological polar surface area (TPSA) is 127 Å². The molecule has 2 rings (SSSR count). The molecule has 24 heavy (non-hydrogen) atoms. The fraction of sp³-hybridized carbons (Fsp3) is 0. The highest BCUT2D eigenvalue weighted by Crippen LogP contribution is 2.30. The van der Waals surface area contributed by atoms with Gasteiger partial charge < -0.3 is 10.8 Å². The van der Waals surface area contributed by atoms with E-state index in [9.17, 15) is 18.0 Å². The summed E-state index contributed by atoms with van der Waals surface area (Å²) in [5.41, 5.74) is 4.65. The molecule has 0 heterocycles. The summed E-state index contributed by atoms with van der Waals surface area (Å²) in [6, 6.07) is 7.53. The van der Waals surface area contributed by atoms with E-state index in [2.05, 4.69) is 4.72 Å². The van der Waals surface area contributed by atoms with Crippen molar-refractivity contribution in [2.45, 2.75) is 4.90 Å². The number of carboxylic acids is 1. The van der Waals surface area contributed by atoms with Crippen molar-refractivity contribution >= 4 is 50.8 Å². The van der Waals surface area contributed by atoms with E-state index < -0.39 is 32.4 Å². The fourth-order valence-electron chi connectivity index (χ4n) is 1.89. The molecule has 2 aromatic carbocycles. The van der Waals surface area contributed by atoms with Crippen molar-refractivity contribution in [3.8, 4) is 0 Å². The van der Waals surface area contributed by atoms with Crippen molar-refractivity contribution in [2.24, 2.45) is 5.73 Å². The average Bonchev–Trinajstić information content (AvgIpc) is 2.46. The van der Waals surface area contributed by atoms with Gasteiger partial charge in [-0.2, -0.15) is 0 Å². The summed E-state index contributed by atoms with van der Waals surface area (Å²) in [6.07, 6.45) is 0. The molecule has 2 aromatic rings. The van der Waals surface area contributed by atoms with Crippen LogP contribution in [0, 0.1) is 0 Å². The van der Waals surface area contributed by atoms with E-state index in [4.69, 9.17) is 34.0 Å². The number of nitrogens with two attached hydrogens (primary N) is 1. The Morgan fingerprint density at radius 3 is 2.25 bits per heavy atom. The number of rotatable bonds is 5. The number of nitrogens with one attached hydrogen (secondary N) is 1. The molecule has 0 atom stereocenters. The van der Waals surface area contributed by atoms with Crippen LogP contribution in [0.1, 0.15) is 20.7 Å². The van der Waals surface area contributed by atoms with E-state index >= 15 is 0 Å². The summed E-state index contributed by atoms with van der Waals surface area (Å²) in [7, 11) is -4.28. The smallest absolute Gasteiger partial charge is 0.337 e. The third kappa shape index (κ3) is 3.61. The lowest BCUT2D eigenvalue weighted by atomic mass is 10.2. The highest BCUT2D eigenvalue weighted by Gasteiger charge is 2.24. The lowest BCUT2D eigenvalue weighted by Crippen LogP contribution is -2.19. The zero-order valence-electron chi connectivity index (χ0n) is 11.8. The molecule has 1 amide bonds. The molecule has 4 N–H and O–H groups in total. The van der Waals surface area contributed by atoms with Crippen molar-refractivity contribution in [1.29, 1.82) is 0 Å². The second kappa shape index (κ2) is 6.68. The number of hydrogen-bond acceptors (Lipinski definition) is 4. The van der Waals surface area contributed by atoms with Gasteiger partial charge in [0.15, 0.2) is 0 Å². The molecule has 0 unspecified atom stereocenters. The van der Waals surface area contributed by atoms with E-state index in [1.165, 1.54) is 24.3 Å². The number of aromatic carboxylic acids is 1. The second-order valence-corrected chi connectivity index (χ2v) is 7.05. The number of amides is 1. The molecule has 0 aliphatic rings. The van der Waals surface area contributed by atoms with E-state index in [0.29, 0.717) is 0 Å². The SMILES string of the molecule is NC(=O)c1ccccc1NS(=O)(=O)c1cc(C(=O)O)c(Cl)cc1Cl. The van der Waals surface area contributed by atoms with Crippen LogP contribution in [0.4, 0.5) is 5.69 Å². The highest BCUT2D eigenvalue weighted by atomic mass is 35.5. The van der Waals surface area contributed by atoms with Crippen LogP contribution in [0.15, 0.2) is 41.3 Å². The largest absolute Gasteiger partial charge is 0.478 e. The van der Waals surface area contributed by atoms with Gasteiger partial charge in [-0.05, 0) is 24.3 Å². The van der Waals surface area contributed by atoms with E-state index in [1.54, 1.807) is 0 Å². The van der Waals surface area contributed by atoms with Crippen LogP contribution in [0.25, 0.3) is 0 Å². The second-order valence-electron chi connectivity index (χ2n) is 4.58. The van der Waals surface area contributed by atoms with Crippen LogP contribution in [0.2, 0.25) is 10.0 Å². The van der Waals surface area contributed by atoms with Crippen LogP contribution in [0.5, 0.6) is 0 Å². The lowest BCUT2D eigenvalue weighted by molar-refractivity contribution is 0.0696. The Labute approximate surface area is 147 Å². The molecule has 0 spiro atoms. The van der Waals surface area contributed by atoms with E-state index in [0.717, 1.165) is 12.1 Å². The lowest BCUT2D eigenvalue weighted by Gasteiger charge is -2.13. The fourth-order valence-corrected chi connectivity index (χ4v) is 3.82. The Kier molecular flexibility index (Phi) is 5.02. The van der Waals surface area contributed by atoms with Gasteiger partial charge in [0.2, 0.25) is 0 Å². The number of carbonyl (C=O) groups excluding carboxylic acids is 1. The number of sulfonamides is 1. The summed E-state index contributed by atoms with van der Waals surface area (Å²) in [4.78, 5) is 22.0. The number of halogens is 2. The Hall–Kier alpha value is -2.29. The number of hydrogen-bond donors (Lipinski definition) is 3. The van der Waals surface area contributed by atoms with Crippen LogP contribution in [-0.4, -0.2) is 25.4 Å². The molecule has 0 saturated carbocycles. The first-order chi connectivity index (χ1) is 11.1. The van der Waals surface area contributed by atoms with Crippen LogP contribution >= 0.6 is 23.2 Å². The maximum Gasteiger partial charge on any atom is 0.337 e. The molecule has 0 aliphatic carbocycles. The number of para-hydroxylation sites is 1. The van der Waals surface area contributed by atoms with Gasteiger partial charge in [-0.1, -0.05) is 35.3 Å². The standard InChI is InChI=1S/C14H10Cl2N2O5S/c15-9-6-10(16)12(5-8(9)14(20)21)24(22,23)18-11-4-2-1-3-7(11)13(17)19/h1-6,18H,(H2,17,19)(H,20,21). The molecule has 0 fully saturated rings. The Morgan fingerprint density at radius 2 is 1.67 bits per heavy atom. The maximum atomic E-state index is 12.5. The predicted molar refractivity (Wildman–Crippen MR) is 89.2 cm³/mol. The molecule has 0 saturated heterocycles. The van der Waals surface area contributed by atoms with Gasteiger partial charge in [-0.25, -0.2) is 13.2 Å². The van der Waals surface area contributed by atoms with Crippen molar-refractivity contribution < 1.29 is 23.1 Å². The van der Waals surface area contributed by atoms with Gasteiger partial charge in [0.1, 0.15) is 4.90 Å². The molecule has 0 radical (unpaired) electrons. The van der Waals surface area contributed by atoms with Crippen molar-refractivity contribution in [2.75, 3.05) is 4.72 Å². The first-order valence-electron chi connectivity index (χ1n) is 6.27. The van der Waals surface area contributed by atoms with Gasteiger partial charge >= 0.3 is 5.97 Å². The molecule has 0 aliphatic heterocycles. The van der Waals surface area contributed by atoms with Gasteiger partial charge in [-0.3, -0.25) is 9.52 Å². The normalized spacial score (nSPS) is 11.1. The van der Waals surface area contributed by atoms with Crippen molar-refractivity contribution in [3.63, 3.8) is 0 Å². The van der Waals surface area contributed by atoms with Gasteiger partial charge in [0.25, 0.3) is 15.9 Å². The summed E-state index contributed by atoms with van der Waals surface area (Å²) in [6.45, 7) is 0. The van der Waals surface area contributed by atoms with Crippen molar-refractivity contribution in [1.82, 2.24) is 0 Å². The summed E-state index contributed by atoms with van der Waals surface area (Å²) >= 11 is 11.6. The van der Waals surface area contributed by atoms with Gasteiger partial charge in [-0.15, -0.1) is 0 Å². The minimum absolute atomic E-state index is 0.0513. The molecule has 7 nitrogen and oxygen atoms in total. The maximum absolute atomic E-state index is 12.5. The highest BCUT2D eigenvalue weighted by molar-refractivity contribution is 7.92. The Morgan fingerprint density at radius 1 is 1.04 bits per heavy atom. The summed E-state index contributed by atoms with van der Waals surface area (Å²) < 4.78 is 27.2. The van der Waals surface area contributed by atoms with Gasteiger partial charge in [0, 0.05) is 0 Å². The molecule has 10 heteroatoms. The third-order valence-electron chi connectivity index (χ3n) is 2.98.